The summed E-state index contributed by atoms with van der Waals surface area (Å²) in [7, 11) is 0. The van der Waals surface area contributed by atoms with Crippen molar-refractivity contribution in [1.29, 1.82) is 0 Å². The first-order valence-corrected chi connectivity index (χ1v) is 10.5. The van der Waals surface area contributed by atoms with Gasteiger partial charge in [-0.25, -0.2) is 4.39 Å². The summed E-state index contributed by atoms with van der Waals surface area (Å²) in [5, 5.41) is 9.59. The van der Waals surface area contributed by atoms with Crippen LogP contribution in [0.25, 0.3) is 0 Å². The van der Waals surface area contributed by atoms with Crippen LogP contribution in [0.1, 0.15) is 46.0 Å². The molecule has 6 nitrogen and oxygen atoms in total. The molecular formula is C21H27ClFN3O3. The Morgan fingerprint density at radius 1 is 1.21 bits per heavy atom. The van der Waals surface area contributed by atoms with E-state index in [9.17, 15) is 14.0 Å². The number of carbonyl (C=O) groups excluding carboxylic acids is 2. The third-order valence-electron chi connectivity index (χ3n) is 6.28. The Labute approximate surface area is 174 Å². The van der Waals surface area contributed by atoms with Gasteiger partial charge in [0.1, 0.15) is 11.6 Å². The van der Waals surface area contributed by atoms with Crippen molar-refractivity contribution in [3.63, 3.8) is 0 Å². The number of carbonyl (C=O) groups is 2. The molecule has 0 aromatic heterocycles. The zero-order valence-electron chi connectivity index (χ0n) is 16.7. The van der Waals surface area contributed by atoms with Gasteiger partial charge in [-0.05, 0) is 57.1 Å². The highest BCUT2D eigenvalue weighted by Gasteiger charge is 2.69. The summed E-state index contributed by atoms with van der Waals surface area (Å²) in [4.78, 5) is 24.8. The number of nitrogens with one attached hydrogen (secondary N) is 3. The smallest absolute Gasteiger partial charge is 0.258 e. The van der Waals surface area contributed by atoms with Crippen LogP contribution in [0.15, 0.2) is 18.2 Å². The third-order valence-corrected chi connectivity index (χ3v) is 6.59. The van der Waals surface area contributed by atoms with Crippen LogP contribution in [0.4, 0.5) is 4.39 Å². The average Bonchev–Trinajstić information content (AvgIpc) is 2.59. The summed E-state index contributed by atoms with van der Waals surface area (Å²) in [6.45, 7) is 4.11. The second kappa shape index (κ2) is 7.43. The molecule has 8 heteroatoms. The molecular weight excluding hydrogens is 397 g/mol. The normalized spacial score (nSPS) is 35.1. The zero-order chi connectivity index (χ0) is 20.8. The minimum Gasteiger partial charge on any atom is -0.484 e. The van der Waals surface area contributed by atoms with Crippen LogP contribution in [0.3, 0.4) is 0 Å². The predicted octanol–water partition coefficient (Wildman–Crippen LogP) is 2.54. The van der Waals surface area contributed by atoms with E-state index in [4.69, 9.17) is 16.3 Å². The van der Waals surface area contributed by atoms with Gasteiger partial charge >= 0.3 is 0 Å². The summed E-state index contributed by atoms with van der Waals surface area (Å²) >= 11 is 5.63. The number of halogens is 2. The molecule has 5 rings (SSSR count). The molecule has 4 fully saturated rings. The molecule has 1 aromatic rings. The molecule has 3 N–H and O–H groups in total. The molecule has 4 aliphatic rings. The first-order chi connectivity index (χ1) is 13.7. The van der Waals surface area contributed by atoms with Gasteiger partial charge in [-0.15, -0.1) is 0 Å². The molecule has 1 aliphatic heterocycles. The molecule has 1 aromatic carbocycles. The molecule has 3 saturated carbocycles. The van der Waals surface area contributed by atoms with Crippen LogP contribution in [0, 0.1) is 11.7 Å². The molecule has 29 heavy (non-hydrogen) atoms. The number of amides is 2. The second-order valence-electron chi connectivity index (χ2n) is 9.19. The van der Waals surface area contributed by atoms with E-state index in [1.807, 2.05) is 0 Å². The van der Waals surface area contributed by atoms with E-state index in [2.05, 4.69) is 29.8 Å². The lowest BCUT2D eigenvalue weighted by Gasteiger charge is -2.70. The van der Waals surface area contributed by atoms with Crippen LogP contribution in [-0.4, -0.2) is 41.6 Å². The van der Waals surface area contributed by atoms with E-state index in [0.717, 1.165) is 38.2 Å². The minimum absolute atomic E-state index is 0.00959. The molecule has 2 amide bonds. The second-order valence-corrected chi connectivity index (χ2v) is 9.60. The lowest BCUT2D eigenvalue weighted by molar-refractivity contribution is -0.152. The number of benzene rings is 1. The number of hydrogen-bond donors (Lipinski definition) is 3. The third kappa shape index (κ3) is 4.21. The Morgan fingerprint density at radius 3 is 2.55 bits per heavy atom. The van der Waals surface area contributed by atoms with Crippen molar-refractivity contribution in [3.05, 3.63) is 29.0 Å². The number of ether oxygens (including phenoxy) is 1. The topological polar surface area (TPSA) is 79.5 Å². The fraction of sp³-hybridized carbons (Fsp3) is 0.619. The van der Waals surface area contributed by atoms with Crippen LogP contribution in [0.2, 0.25) is 5.02 Å². The number of piperidine rings is 1. The Balaban J connectivity index is 1.21. The Morgan fingerprint density at radius 2 is 1.90 bits per heavy atom. The lowest BCUT2D eigenvalue weighted by atomic mass is 9.44. The van der Waals surface area contributed by atoms with E-state index in [1.54, 1.807) is 0 Å². The van der Waals surface area contributed by atoms with Crippen LogP contribution < -0.4 is 20.7 Å². The number of hydrogen-bond acceptors (Lipinski definition) is 4. The van der Waals surface area contributed by atoms with Crippen molar-refractivity contribution < 1.29 is 18.7 Å². The summed E-state index contributed by atoms with van der Waals surface area (Å²) in [5.41, 5.74) is -0.435. The highest BCUT2D eigenvalue weighted by atomic mass is 35.5. The van der Waals surface area contributed by atoms with Crippen molar-refractivity contribution in [1.82, 2.24) is 16.0 Å². The van der Waals surface area contributed by atoms with Crippen LogP contribution >= 0.6 is 11.6 Å². The Bertz CT molecular complexity index is 804. The van der Waals surface area contributed by atoms with Crippen molar-refractivity contribution in [3.8, 4) is 5.75 Å². The maximum atomic E-state index is 13.4. The van der Waals surface area contributed by atoms with Gasteiger partial charge in [-0.1, -0.05) is 18.5 Å². The van der Waals surface area contributed by atoms with Gasteiger partial charge in [-0.3, -0.25) is 9.59 Å². The number of rotatable bonds is 6. The first-order valence-electron chi connectivity index (χ1n) is 10.1. The molecule has 0 radical (unpaired) electrons. The van der Waals surface area contributed by atoms with E-state index < -0.39 is 5.82 Å². The molecule has 0 spiro atoms. The van der Waals surface area contributed by atoms with Gasteiger partial charge < -0.3 is 20.7 Å². The minimum atomic E-state index is -0.585. The van der Waals surface area contributed by atoms with E-state index in [0.29, 0.717) is 12.0 Å². The van der Waals surface area contributed by atoms with Gasteiger partial charge in [0.15, 0.2) is 6.61 Å². The van der Waals surface area contributed by atoms with Crippen molar-refractivity contribution in [2.24, 2.45) is 5.92 Å². The molecule has 158 valence electrons. The van der Waals surface area contributed by atoms with E-state index >= 15 is 0 Å². The van der Waals surface area contributed by atoms with E-state index in [1.165, 1.54) is 12.1 Å². The Hall–Kier alpha value is -1.86. The Kier molecular flexibility index (Phi) is 5.23. The molecule has 1 saturated heterocycles. The molecule has 3 atom stereocenters. The maximum Gasteiger partial charge on any atom is 0.258 e. The first kappa shape index (κ1) is 20.4. The average molecular weight is 424 g/mol. The largest absolute Gasteiger partial charge is 0.484 e. The molecule has 3 aliphatic carbocycles. The van der Waals surface area contributed by atoms with Gasteiger partial charge in [-0.2, -0.15) is 0 Å². The molecule has 3 unspecified atom stereocenters. The summed E-state index contributed by atoms with van der Waals surface area (Å²) in [6, 6.07) is 4.28. The van der Waals surface area contributed by atoms with Crippen molar-refractivity contribution in [2.75, 3.05) is 6.61 Å². The summed E-state index contributed by atoms with van der Waals surface area (Å²) in [5.74, 6) is 0.0206. The highest BCUT2D eigenvalue weighted by molar-refractivity contribution is 6.30. The highest BCUT2D eigenvalue weighted by Crippen LogP contribution is 2.60. The van der Waals surface area contributed by atoms with E-state index in [-0.39, 0.29) is 46.3 Å². The van der Waals surface area contributed by atoms with Gasteiger partial charge in [0.2, 0.25) is 5.91 Å². The maximum absolute atomic E-state index is 13.4. The lowest BCUT2D eigenvalue weighted by Crippen LogP contribution is -2.84. The fourth-order valence-corrected chi connectivity index (χ4v) is 5.33. The van der Waals surface area contributed by atoms with Gasteiger partial charge in [0.05, 0.1) is 11.1 Å². The SMILES string of the molecule is CC1CC(C)NC(C(=O)NC23CC(NC(=O)COc4ccc(Cl)c(F)c4)(C2)C3)C1. The van der Waals surface area contributed by atoms with Crippen molar-refractivity contribution in [2.45, 2.75) is 69.1 Å². The zero-order valence-corrected chi connectivity index (χ0v) is 17.4. The predicted molar refractivity (Wildman–Crippen MR) is 107 cm³/mol. The van der Waals surface area contributed by atoms with Crippen LogP contribution in [-0.2, 0) is 9.59 Å². The standard InChI is InChI=1S/C21H27ClFN3O3/c1-12-5-13(2)24-17(6-12)19(28)26-21-9-20(10-21,11-21)25-18(27)8-29-14-3-4-15(22)16(23)7-14/h3-4,7,12-13,17,24H,5-6,8-11H2,1-2H3,(H,25,27)(H,26,28). The quantitative estimate of drug-likeness (QED) is 0.657. The van der Waals surface area contributed by atoms with Gasteiger partial charge in [0, 0.05) is 23.2 Å². The van der Waals surface area contributed by atoms with Crippen LogP contribution in [0.5, 0.6) is 5.75 Å². The molecule has 1 heterocycles. The molecule has 2 bridgehead atoms. The fourth-order valence-electron chi connectivity index (χ4n) is 5.21. The monoisotopic (exact) mass is 423 g/mol. The van der Waals surface area contributed by atoms with Crippen molar-refractivity contribution >= 4 is 23.4 Å². The van der Waals surface area contributed by atoms with Gasteiger partial charge in [0.25, 0.3) is 5.91 Å². The summed E-state index contributed by atoms with van der Waals surface area (Å²) < 4.78 is 18.8. The summed E-state index contributed by atoms with van der Waals surface area (Å²) in [6.07, 6.45) is 4.17.